The van der Waals surface area contributed by atoms with E-state index >= 15 is 0 Å². The van der Waals surface area contributed by atoms with Crippen molar-refractivity contribution in [1.29, 1.82) is 0 Å². The Hall–Kier alpha value is -1.13. The number of rotatable bonds is 3. The monoisotopic (exact) mass is 201 g/mol. The van der Waals surface area contributed by atoms with E-state index < -0.39 is 17.6 Å². The maximum Gasteiger partial charge on any atom is 0.233 e. The zero-order chi connectivity index (χ0) is 9.84. The first-order chi connectivity index (χ1) is 6.09. The van der Waals surface area contributed by atoms with Crippen LogP contribution in [0.3, 0.4) is 0 Å². The van der Waals surface area contributed by atoms with E-state index in [1.807, 2.05) is 0 Å². The number of benzene rings is 1. The van der Waals surface area contributed by atoms with Crippen molar-refractivity contribution in [3.63, 3.8) is 0 Å². The van der Waals surface area contributed by atoms with E-state index in [0.29, 0.717) is 10.6 Å². The zero-order valence-corrected chi connectivity index (χ0v) is 7.44. The van der Waals surface area contributed by atoms with Crippen LogP contribution < -0.4 is 0 Å². The molecule has 0 aliphatic rings. The van der Waals surface area contributed by atoms with Crippen LogP contribution in [-0.2, 0) is 0 Å². The molecule has 0 amide bonds. The number of halogens is 1. The largest absolute Gasteiger partial charge is 0.382 e. The Morgan fingerprint density at radius 3 is 2.85 bits per heavy atom. The molecule has 1 aromatic rings. The molecule has 5 heteroatoms. The third kappa shape index (κ3) is 3.01. The van der Waals surface area contributed by atoms with E-state index in [0.717, 1.165) is 0 Å². The molecular weight excluding hydrogens is 194 g/mol. The van der Waals surface area contributed by atoms with Crippen LogP contribution in [0, 0.1) is 10.1 Å². The van der Waals surface area contributed by atoms with Crippen molar-refractivity contribution in [1.82, 2.24) is 0 Å². The molecule has 0 heterocycles. The lowest BCUT2D eigenvalue weighted by molar-refractivity contribution is -0.491. The van der Waals surface area contributed by atoms with E-state index in [4.69, 9.17) is 11.6 Å². The fourth-order valence-corrected chi connectivity index (χ4v) is 1.16. The van der Waals surface area contributed by atoms with E-state index in [-0.39, 0.29) is 0 Å². The van der Waals surface area contributed by atoms with Crippen molar-refractivity contribution in [2.45, 2.75) is 6.10 Å². The first-order valence-electron chi connectivity index (χ1n) is 3.65. The summed E-state index contributed by atoms with van der Waals surface area (Å²) in [5.41, 5.74) is 0.462. The average molecular weight is 202 g/mol. The standard InChI is InChI=1S/C8H8ClNO3/c9-7-3-1-2-6(4-7)8(11)5-10(12)13/h1-4,8,11H,5H2/t8-/m1/s1. The molecule has 1 atom stereocenters. The molecule has 1 aromatic carbocycles. The number of aliphatic hydroxyl groups excluding tert-OH is 1. The maximum absolute atomic E-state index is 10.1. The predicted octanol–water partition coefficient (Wildman–Crippen LogP) is 1.65. The van der Waals surface area contributed by atoms with Gasteiger partial charge in [0.15, 0.2) is 0 Å². The second-order valence-electron chi connectivity index (χ2n) is 2.59. The van der Waals surface area contributed by atoms with Crippen LogP contribution >= 0.6 is 11.6 Å². The molecule has 0 aromatic heterocycles. The van der Waals surface area contributed by atoms with Gasteiger partial charge in [0.2, 0.25) is 6.54 Å². The van der Waals surface area contributed by atoms with Crippen molar-refractivity contribution < 1.29 is 10.0 Å². The Balaban J connectivity index is 2.76. The topological polar surface area (TPSA) is 63.4 Å². The van der Waals surface area contributed by atoms with Crippen molar-refractivity contribution in [3.8, 4) is 0 Å². The molecule has 0 bridgehead atoms. The number of nitrogens with zero attached hydrogens (tertiary/aromatic N) is 1. The van der Waals surface area contributed by atoms with Gasteiger partial charge in [0.05, 0.1) is 0 Å². The fourth-order valence-electron chi connectivity index (χ4n) is 0.960. The summed E-state index contributed by atoms with van der Waals surface area (Å²) in [6.07, 6.45) is -1.09. The van der Waals surface area contributed by atoms with Gasteiger partial charge in [-0.05, 0) is 17.7 Å². The fraction of sp³-hybridized carbons (Fsp3) is 0.250. The van der Waals surface area contributed by atoms with Gasteiger partial charge >= 0.3 is 0 Å². The molecule has 1 N–H and O–H groups in total. The van der Waals surface area contributed by atoms with Gasteiger partial charge in [-0.3, -0.25) is 10.1 Å². The summed E-state index contributed by atoms with van der Waals surface area (Å²) in [5, 5.41) is 19.9. The van der Waals surface area contributed by atoms with Crippen LogP contribution in [-0.4, -0.2) is 16.6 Å². The second-order valence-corrected chi connectivity index (χ2v) is 3.02. The molecule has 4 nitrogen and oxygen atoms in total. The van der Waals surface area contributed by atoms with Gasteiger partial charge in [0.25, 0.3) is 0 Å². The van der Waals surface area contributed by atoms with Gasteiger partial charge in [-0.2, -0.15) is 0 Å². The highest BCUT2D eigenvalue weighted by atomic mass is 35.5. The van der Waals surface area contributed by atoms with E-state index in [1.165, 1.54) is 6.07 Å². The van der Waals surface area contributed by atoms with Crippen LogP contribution in [0.15, 0.2) is 24.3 Å². The van der Waals surface area contributed by atoms with E-state index in [2.05, 4.69) is 0 Å². The highest BCUT2D eigenvalue weighted by Gasteiger charge is 2.13. The van der Waals surface area contributed by atoms with Gasteiger partial charge in [-0.15, -0.1) is 0 Å². The summed E-state index contributed by atoms with van der Waals surface area (Å²) < 4.78 is 0. The second kappa shape index (κ2) is 4.20. The van der Waals surface area contributed by atoms with Crippen LogP contribution in [0.25, 0.3) is 0 Å². The molecule has 0 saturated carbocycles. The van der Waals surface area contributed by atoms with Gasteiger partial charge in [-0.25, -0.2) is 0 Å². The first-order valence-corrected chi connectivity index (χ1v) is 4.02. The number of nitro groups is 1. The highest BCUT2D eigenvalue weighted by molar-refractivity contribution is 6.30. The van der Waals surface area contributed by atoms with Gasteiger partial charge < -0.3 is 5.11 Å². The Bertz CT molecular complexity index is 316. The lowest BCUT2D eigenvalue weighted by Gasteiger charge is -2.05. The Kier molecular flexibility index (Phi) is 3.22. The Labute approximate surface area is 79.9 Å². The quantitative estimate of drug-likeness (QED) is 0.598. The van der Waals surface area contributed by atoms with Crippen LogP contribution in [0.4, 0.5) is 0 Å². The van der Waals surface area contributed by atoms with E-state index in [1.54, 1.807) is 18.2 Å². The van der Waals surface area contributed by atoms with Gasteiger partial charge in [0.1, 0.15) is 6.10 Å². The summed E-state index contributed by atoms with van der Waals surface area (Å²) >= 11 is 5.64. The Morgan fingerprint density at radius 1 is 1.62 bits per heavy atom. The maximum atomic E-state index is 10.1. The number of hydrogen-bond acceptors (Lipinski definition) is 3. The van der Waals surface area contributed by atoms with Crippen molar-refractivity contribution in [3.05, 3.63) is 45.0 Å². The van der Waals surface area contributed by atoms with Crippen LogP contribution in [0.2, 0.25) is 5.02 Å². The summed E-state index contributed by atoms with van der Waals surface area (Å²) in [4.78, 5) is 9.52. The molecule has 0 spiro atoms. The van der Waals surface area contributed by atoms with Gasteiger partial charge in [0, 0.05) is 9.95 Å². The molecule has 0 aliphatic carbocycles. The number of aliphatic hydroxyl groups is 1. The highest BCUT2D eigenvalue weighted by Crippen LogP contribution is 2.17. The number of hydrogen-bond donors (Lipinski definition) is 1. The molecule has 0 unspecified atom stereocenters. The summed E-state index contributed by atoms with van der Waals surface area (Å²) in [7, 11) is 0. The predicted molar refractivity (Wildman–Crippen MR) is 48.3 cm³/mol. The molecule has 0 saturated heterocycles. The molecule has 0 fully saturated rings. The Morgan fingerprint density at radius 2 is 2.31 bits per heavy atom. The molecule has 0 radical (unpaired) electrons. The smallest absolute Gasteiger partial charge is 0.233 e. The SMILES string of the molecule is O=[N+]([O-])C[C@@H](O)c1cccc(Cl)c1. The van der Waals surface area contributed by atoms with Crippen molar-refractivity contribution in [2.75, 3.05) is 6.54 Å². The molecule has 1 rings (SSSR count). The summed E-state index contributed by atoms with van der Waals surface area (Å²) in [6, 6.07) is 6.39. The zero-order valence-electron chi connectivity index (χ0n) is 6.68. The van der Waals surface area contributed by atoms with Crippen molar-refractivity contribution in [2.24, 2.45) is 0 Å². The molecular formula is C8H8ClNO3. The normalized spacial score (nSPS) is 12.5. The summed E-state index contributed by atoms with van der Waals surface area (Å²) in [5.74, 6) is 0. The summed E-state index contributed by atoms with van der Waals surface area (Å²) in [6.45, 7) is -0.500. The lowest BCUT2D eigenvalue weighted by atomic mass is 10.1. The molecule has 70 valence electrons. The molecule has 0 aliphatic heterocycles. The lowest BCUT2D eigenvalue weighted by Crippen LogP contribution is -2.11. The average Bonchev–Trinajstić information content (AvgIpc) is 2.03. The minimum absolute atomic E-state index is 0.458. The third-order valence-electron chi connectivity index (χ3n) is 1.56. The van der Waals surface area contributed by atoms with Crippen molar-refractivity contribution >= 4 is 11.6 Å². The first kappa shape index (κ1) is 9.95. The molecule has 13 heavy (non-hydrogen) atoms. The van der Waals surface area contributed by atoms with Crippen LogP contribution in [0.1, 0.15) is 11.7 Å². The minimum atomic E-state index is -1.09. The van der Waals surface area contributed by atoms with Gasteiger partial charge in [-0.1, -0.05) is 23.7 Å². The van der Waals surface area contributed by atoms with Crippen LogP contribution in [0.5, 0.6) is 0 Å². The minimum Gasteiger partial charge on any atom is -0.382 e. The van der Waals surface area contributed by atoms with E-state index in [9.17, 15) is 15.2 Å². The third-order valence-corrected chi connectivity index (χ3v) is 1.79.